The molecule has 0 aromatic heterocycles. The van der Waals surface area contributed by atoms with Crippen LogP contribution in [0.3, 0.4) is 0 Å². The van der Waals surface area contributed by atoms with Gasteiger partial charge in [-0.1, -0.05) is 29.4 Å². The molecule has 1 amide bonds. The number of fused-ring (bicyclic) bond motifs is 1. The molecule has 0 unspecified atom stereocenters. The van der Waals surface area contributed by atoms with Gasteiger partial charge in [-0.05, 0) is 29.7 Å². The third kappa shape index (κ3) is 3.31. The van der Waals surface area contributed by atoms with Crippen molar-refractivity contribution in [1.29, 1.82) is 0 Å². The SMILES string of the molecule is O=C(C[C@H]1CC(c2ccc(F)cc2F)=NO1)N1CCc2ccccc2C1. The molecule has 6 heteroatoms. The van der Waals surface area contributed by atoms with Crippen molar-refractivity contribution in [3.63, 3.8) is 0 Å². The summed E-state index contributed by atoms with van der Waals surface area (Å²) in [7, 11) is 0. The van der Waals surface area contributed by atoms with E-state index in [9.17, 15) is 13.6 Å². The summed E-state index contributed by atoms with van der Waals surface area (Å²) in [5.74, 6) is -1.31. The maximum Gasteiger partial charge on any atom is 0.226 e. The molecule has 2 aliphatic rings. The predicted molar refractivity (Wildman–Crippen MR) is 92.6 cm³/mol. The summed E-state index contributed by atoms with van der Waals surface area (Å²) >= 11 is 0. The molecule has 4 nitrogen and oxygen atoms in total. The second-order valence-electron chi connectivity index (χ2n) is 6.63. The number of rotatable bonds is 3. The lowest BCUT2D eigenvalue weighted by atomic mass is 9.98. The molecule has 0 N–H and O–H groups in total. The van der Waals surface area contributed by atoms with Crippen molar-refractivity contribution in [3.05, 3.63) is 70.8 Å². The zero-order valence-corrected chi connectivity index (χ0v) is 14.1. The minimum atomic E-state index is -0.674. The van der Waals surface area contributed by atoms with E-state index in [2.05, 4.69) is 11.2 Å². The van der Waals surface area contributed by atoms with Gasteiger partial charge in [-0.3, -0.25) is 4.79 Å². The third-order valence-corrected chi connectivity index (χ3v) is 4.86. The summed E-state index contributed by atoms with van der Waals surface area (Å²) in [6.07, 6.45) is 0.950. The van der Waals surface area contributed by atoms with Crippen LogP contribution in [0.25, 0.3) is 0 Å². The molecule has 1 atom stereocenters. The van der Waals surface area contributed by atoms with Crippen molar-refractivity contribution in [3.8, 4) is 0 Å². The van der Waals surface area contributed by atoms with E-state index in [0.717, 1.165) is 12.5 Å². The van der Waals surface area contributed by atoms with Crippen molar-refractivity contribution >= 4 is 11.6 Å². The van der Waals surface area contributed by atoms with Crippen LogP contribution in [0.1, 0.15) is 29.5 Å². The standard InChI is InChI=1S/C20H18F2N2O2/c21-15-5-6-17(18(22)9-15)19-10-16(26-23-19)11-20(25)24-8-7-13-3-1-2-4-14(13)12-24/h1-6,9,16H,7-8,10-12H2/t16-/m1/s1. The van der Waals surface area contributed by atoms with E-state index in [1.165, 1.54) is 23.3 Å². The van der Waals surface area contributed by atoms with E-state index in [1.54, 1.807) is 0 Å². The quantitative estimate of drug-likeness (QED) is 0.846. The maximum absolute atomic E-state index is 13.9. The second kappa shape index (κ2) is 6.86. The van der Waals surface area contributed by atoms with Crippen LogP contribution in [0.5, 0.6) is 0 Å². The average molecular weight is 356 g/mol. The van der Waals surface area contributed by atoms with Crippen LogP contribution < -0.4 is 0 Å². The highest BCUT2D eigenvalue weighted by atomic mass is 19.1. The Morgan fingerprint density at radius 1 is 1.19 bits per heavy atom. The van der Waals surface area contributed by atoms with Crippen LogP contribution in [0.4, 0.5) is 8.78 Å². The second-order valence-corrected chi connectivity index (χ2v) is 6.63. The van der Waals surface area contributed by atoms with E-state index in [4.69, 9.17) is 4.84 Å². The Balaban J connectivity index is 1.37. The lowest BCUT2D eigenvalue weighted by Gasteiger charge is -2.29. The van der Waals surface area contributed by atoms with Crippen molar-refractivity contribution in [1.82, 2.24) is 4.90 Å². The molecule has 0 spiro atoms. The highest BCUT2D eigenvalue weighted by molar-refractivity contribution is 6.01. The van der Waals surface area contributed by atoms with Gasteiger partial charge in [-0.15, -0.1) is 0 Å². The van der Waals surface area contributed by atoms with Gasteiger partial charge in [0.15, 0.2) is 0 Å². The minimum Gasteiger partial charge on any atom is -0.391 e. The molecule has 2 heterocycles. The van der Waals surface area contributed by atoms with Crippen molar-refractivity contribution in [2.24, 2.45) is 5.16 Å². The predicted octanol–water partition coefficient (Wildman–Crippen LogP) is 3.43. The molecule has 0 aliphatic carbocycles. The van der Waals surface area contributed by atoms with E-state index in [1.807, 2.05) is 23.1 Å². The van der Waals surface area contributed by atoms with Gasteiger partial charge in [0.25, 0.3) is 0 Å². The van der Waals surface area contributed by atoms with Gasteiger partial charge in [0.2, 0.25) is 5.91 Å². The van der Waals surface area contributed by atoms with Gasteiger partial charge in [0, 0.05) is 31.1 Å². The third-order valence-electron chi connectivity index (χ3n) is 4.86. The molecular weight excluding hydrogens is 338 g/mol. The summed E-state index contributed by atoms with van der Waals surface area (Å²) in [6, 6.07) is 11.5. The van der Waals surface area contributed by atoms with Crippen LogP contribution in [0.2, 0.25) is 0 Å². The van der Waals surface area contributed by atoms with Gasteiger partial charge in [-0.2, -0.15) is 0 Å². The van der Waals surface area contributed by atoms with Crippen molar-refractivity contribution in [2.45, 2.75) is 31.9 Å². The Morgan fingerprint density at radius 2 is 2.00 bits per heavy atom. The van der Waals surface area contributed by atoms with E-state index < -0.39 is 17.7 Å². The Labute approximate surface area is 150 Å². The highest BCUT2D eigenvalue weighted by Crippen LogP contribution is 2.24. The first kappa shape index (κ1) is 16.7. The molecule has 0 bridgehead atoms. The fourth-order valence-electron chi connectivity index (χ4n) is 3.45. The monoisotopic (exact) mass is 356 g/mol. The number of benzene rings is 2. The van der Waals surface area contributed by atoms with Gasteiger partial charge in [0.1, 0.15) is 17.7 Å². The highest BCUT2D eigenvalue weighted by Gasteiger charge is 2.29. The van der Waals surface area contributed by atoms with Gasteiger partial charge in [-0.25, -0.2) is 8.78 Å². The summed E-state index contributed by atoms with van der Waals surface area (Å²) in [4.78, 5) is 19.7. The number of halogens is 2. The summed E-state index contributed by atoms with van der Waals surface area (Å²) in [5, 5.41) is 3.90. The van der Waals surface area contributed by atoms with E-state index in [0.29, 0.717) is 25.2 Å². The molecule has 0 saturated carbocycles. The number of hydrogen-bond donors (Lipinski definition) is 0. The fourth-order valence-corrected chi connectivity index (χ4v) is 3.45. The van der Waals surface area contributed by atoms with Crippen LogP contribution in [0.15, 0.2) is 47.6 Å². The molecule has 2 aliphatic heterocycles. The molecule has 26 heavy (non-hydrogen) atoms. The van der Waals surface area contributed by atoms with Gasteiger partial charge < -0.3 is 9.74 Å². The number of nitrogens with zero attached hydrogens (tertiary/aromatic N) is 2. The number of carbonyl (C=O) groups excluding carboxylic acids is 1. The summed E-state index contributed by atoms with van der Waals surface area (Å²) in [6.45, 7) is 1.28. The summed E-state index contributed by atoms with van der Waals surface area (Å²) in [5.41, 5.74) is 3.08. The van der Waals surface area contributed by atoms with Crippen LogP contribution >= 0.6 is 0 Å². The van der Waals surface area contributed by atoms with Crippen molar-refractivity contribution < 1.29 is 18.4 Å². The maximum atomic E-state index is 13.9. The lowest BCUT2D eigenvalue weighted by molar-refractivity contribution is -0.134. The summed E-state index contributed by atoms with van der Waals surface area (Å²) < 4.78 is 26.9. The number of oxime groups is 1. The molecule has 2 aromatic carbocycles. The fraction of sp³-hybridized carbons (Fsp3) is 0.300. The molecule has 2 aromatic rings. The van der Waals surface area contributed by atoms with Gasteiger partial charge >= 0.3 is 0 Å². The zero-order valence-electron chi connectivity index (χ0n) is 14.1. The number of amides is 1. The van der Waals surface area contributed by atoms with E-state index in [-0.39, 0.29) is 17.9 Å². The molecule has 4 rings (SSSR count). The molecular formula is C20H18F2N2O2. The average Bonchev–Trinajstić information content (AvgIpc) is 3.09. The van der Waals surface area contributed by atoms with Gasteiger partial charge in [0.05, 0.1) is 12.1 Å². The van der Waals surface area contributed by atoms with Crippen LogP contribution in [-0.2, 0) is 22.6 Å². The first-order valence-corrected chi connectivity index (χ1v) is 8.63. The van der Waals surface area contributed by atoms with Crippen LogP contribution in [0, 0.1) is 11.6 Å². The smallest absolute Gasteiger partial charge is 0.226 e. The minimum absolute atomic E-state index is 0.000492. The lowest BCUT2D eigenvalue weighted by Crippen LogP contribution is -2.37. The Hall–Kier alpha value is -2.76. The van der Waals surface area contributed by atoms with Crippen molar-refractivity contribution in [2.75, 3.05) is 6.54 Å². The normalized spacial score (nSPS) is 18.9. The zero-order chi connectivity index (χ0) is 18.1. The van der Waals surface area contributed by atoms with E-state index >= 15 is 0 Å². The molecule has 134 valence electrons. The first-order valence-electron chi connectivity index (χ1n) is 8.63. The Kier molecular flexibility index (Phi) is 4.41. The molecule has 0 radical (unpaired) electrons. The topological polar surface area (TPSA) is 41.9 Å². The first-order chi connectivity index (χ1) is 12.6. The largest absolute Gasteiger partial charge is 0.391 e. The number of hydrogen-bond acceptors (Lipinski definition) is 3. The van der Waals surface area contributed by atoms with Crippen LogP contribution in [-0.4, -0.2) is 29.2 Å². The molecule has 0 saturated heterocycles. The molecule has 0 fully saturated rings. The Bertz CT molecular complexity index is 882. The number of carbonyl (C=O) groups is 1. The Morgan fingerprint density at radius 3 is 2.81 bits per heavy atom.